The van der Waals surface area contributed by atoms with Crippen molar-refractivity contribution in [3.05, 3.63) is 0 Å². The summed E-state index contributed by atoms with van der Waals surface area (Å²) in [7, 11) is -2.88. The summed E-state index contributed by atoms with van der Waals surface area (Å²) in [5, 5.41) is 0. The van der Waals surface area contributed by atoms with Crippen molar-refractivity contribution < 1.29 is 8.42 Å². The summed E-state index contributed by atoms with van der Waals surface area (Å²) in [6.45, 7) is 0. The minimum Gasteiger partial charge on any atom is -0.210 e. The van der Waals surface area contributed by atoms with Crippen LogP contribution in [0.25, 0.3) is 0 Å². The highest BCUT2D eigenvalue weighted by Crippen LogP contribution is 2.30. The van der Waals surface area contributed by atoms with Gasteiger partial charge in [0.1, 0.15) is 0 Å². The molecule has 0 aromatic heterocycles. The smallest absolute Gasteiger partial charge is 0.210 e. The summed E-state index contributed by atoms with van der Waals surface area (Å²) in [6, 6.07) is 0. The Hall–Kier alpha value is 0.610. The highest BCUT2D eigenvalue weighted by atomic mass is 32.3. The monoisotopic (exact) mass is 185 g/mol. The Kier molecular flexibility index (Phi) is 2.31. The molecule has 0 radical (unpaired) electrons. The van der Waals surface area contributed by atoms with Crippen LogP contribution in [-0.4, -0.2) is 29.3 Å². The van der Waals surface area contributed by atoms with Crippen molar-refractivity contribution in [3.63, 3.8) is 0 Å². The lowest BCUT2D eigenvalue weighted by molar-refractivity contribution is 0.587. The molecular formula is C3H7NO2S3. The number of rotatable bonds is 1. The largest absolute Gasteiger partial charge is 0.233 e. The Morgan fingerprint density at radius 1 is 1.67 bits per heavy atom. The van der Waals surface area contributed by atoms with E-state index in [4.69, 9.17) is 0 Å². The summed E-state index contributed by atoms with van der Waals surface area (Å²) in [4.78, 5) is 0. The molecule has 54 valence electrons. The van der Waals surface area contributed by atoms with Crippen LogP contribution in [0.2, 0.25) is 0 Å². The molecule has 0 aromatic carbocycles. The van der Waals surface area contributed by atoms with Crippen molar-refractivity contribution in [3.8, 4) is 0 Å². The summed E-state index contributed by atoms with van der Waals surface area (Å²) < 4.78 is 23.1. The Morgan fingerprint density at radius 2 is 2.33 bits per heavy atom. The molecule has 0 aliphatic carbocycles. The Balaban J connectivity index is 2.75. The zero-order chi connectivity index (χ0) is 6.91. The second kappa shape index (κ2) is 2.69. The zero-order valence-electron chi connectivity index (χ0n) is 4.90. The van der Waals surface area contributed by atoms with Crippen molar-refractivity contribution in [2.75, 3.05) is 17.8 Å². The number of hydrogen-bond acceptors (Lipinski definition) is 4. The second-order valence-electron chi connectivity index (χ2n) is 1.53. The molecule has 1 aliphatic rings. The molecule has 0 aromatic rings. The topological polar surface area (TPSA) is 37.4 Å². The maximum Gasteiger partial charge on any atom is 0.233 e. The molecule has 9 heavy (non-hydrogen) atoms. The van der Waals surface area contributed by atoms with Gasteiger partial charge in [-0.15, -0.1) is 0 Å². The normalized spacial score (nSPS) is 26.8. The van der Waals surface area contributed by atoms with Gasteiger partial charge in [0.2, 0.25) is 10.0 Å². The van der Waals surface area contributed by atoms with E-state index >= 15 is 0 Å². The summed E-state index contributed by atoms with van der Waals surface area (Å²) in [5.41, 5.74) is 0. The van der Waals surface area contributed by atoms with E-state index in [-0.39, 0.29) is 0 Å². The molecule has 3 nitrogen and oxygen atoms in total. The fraction of sp³-hybridized carbons (Fsp3) is 1.00. The van der Waals surface area contributed by atoms with Gasteiger partial charge in [0, 0.05) is 5.75 Å². The average Bonchev–Trinajstić information content (AvgIpc) is 2.08. The van der Waals surface area contributed by atoms with E-state index in [0.29, 0.717) is 11.5 Å². The fourth-order valence-electron chi connectivity index (χ4n) is 0.538. The third kappa shape index (κ3) is 1.54. The third-order valence-corrected chi connectivity index (χ3v) is 6.13. The van der Waals surface area contributed by atoms with Gasteiger partial charge >= 0.3 is 0 Å². The molecule has 1 rings (SSSR count). The predicted molar refractivity (Wildman–Crippen MR) is 41.6 cm³/mol. The summed E-state index contributed by atoms with van der Waals surface area (Å²) >= 11 is 2.61. The summed E-state index contributed by atoms with van der Waals surface area (Å²) in [5.74, 6) is 0.988. The van der Waals surface area contributed by atoms with Crippen LogP contribution >= 0.6 is 23.9 Å². The van der Waals surface area contributed by atoms with Gasteiger partial charge in [-0.05, 0) is 6.26 Å². The molecule has 1 heterocycles. The molecule has 1 fully saturated rings. The molecular weight excluding hydrogens is 178 g/mol. The molecule has 0 amide bonds. The Bertz CT molecular complexity index is 187. The van der Waals surface area contributed by atoms with Crippen molar-refractivity contribution in [2.45, 2.75) is 0 Å². The number of nitrogens with zero attached hydrogens (tertiary/aromatic N) is 1. The van der Waals surface area contributed by atoms with Gasteiger partial charge in [-0.2, -0.15) is 0 Å². The fourth-order valence-corrected chi connectivity index (χ4v) is 4.84. The maximum absolute atomic E-state index is 10.9. The van der Waals surface area contributed by atoms with Gasteiger partial charge in [0.15, 0.2) is 0 Å². The van der Waals surface area contributed by atoms with E-state index in [9.17, 15) is 8.42 Å². The molecule has 6 heteroatoms. The molecule has 0 saturated carbocycles. The molecule has 1 aliphatic heterocycles. The van der Waals surface area contributed by atoms with Crippen LogP contribution in [0.15, 0.2) is 0 Å². The first kappa shape index (κ1) is 7.71. The van der Waals surface area contributed by atoms with Crippen molar-refractivity contribution >= 4 is 33.9 Å². The lowest BCUT2D eigenvalue weighted by atomic mass is 11.0. The molecule has 0 atom stereocenters. The van der Waals surface area contributed by atoms with Crippen LogP contribution in [0.3, 0.4) is 0 Å². The van der Waals surface area contributed by atoms with Gasteiger partial charge < -0.3 is 0 Å². The van der Waals surface area contributed by atoms with E-state index in [2.05, 4.69) is 0 Å². The van der Waals surface area contributed by atoms with Crippen molar-refractivity contribution in [1.82, 2.24) is 3.12 Å². The lowest BCUT2D eigenvalue weighted by Crippen LogP contribution is -2.12. The predicted octanol–water partition coefficient (Wildman–Crippen LogP) is 0.558. The van der Waals surface area contributed by atoms with Gasteiger partial charge in [-0.1, -0.05) is 27.0 Å². The van der Waals surface area contributed by atoms with Crippen molar-refractivity contribution in [2.24, 2.45) is 0 Å². The van der Waals surface area contributed by atoms with E-state index in [0.717, 1.165) is 0 Å². The van der Waals surface area contributed by atoms with E-state index in [1.165, 1.54) is 27.0 Å². The van der Waals surface area contributed by atoms with Crippen LogP contribution in [0.4, 0.5) is 0 Å². The first-order valence-electron chi connectivity index (χ1n) is 2.37. The summed E-state index contributed by atoms with van der Waals surface area (Å²) in [6.07, 6.45) is 1.76. The third-order valence-electron chi connectivity index (χ3n) is 0.914. The Morgan fingerprint density at radius 3 is 2.56 bits per heavy atom. The highest BCUT2D eigenvalue weighted by Gasteiger charge is 2.28. The van der Waals surface area contributed by atoms with Crippen molar-refractivity contribution in [1.29, 1.82) is 0 Å². The molecule has 0 spiro atoms. The van der Waals surface area contributed by atoms with E-state index < -0.39 is 10.0 Å². The first-order chi connectivity index (χ1) is 4.17. The number of hydrogen-bond donors (Lipinski definition) is 0. The lowest BCUT2D eigenvalue weighted by Gasteiger charge is -2.05. The van der Waals surface area contributed by atoms with Crippen LogP contribution in [0.1, 0.15) is 0 Å². The molecule has 0 N–H and O–H groups in total. The Labute approximate surface area is 63.5 Å². The van der Waals surface area contributed by atoms with Crippen LogP contribution in [-0.2, 0) is 10.0 Å². The highest BCUT2D eigenvalue weighted by molar-refractivity contribution is 8.24. The van der Waals surface area contributed by atoms with Gasteiger partial charge in [-0.25, -0.2) is 8.42 Å². The molecule has 0 unspecified atom stereocenters. The van der Waals surface area contributed by atoms with Gasteiger partial charge in [-0.3, -0.25) is 0 Å². The number of sulfonamides is 1. The van der Waals surface area contributed by atoms with E-state index in [1.54, 1.807) is 6.26 Å². The average molecular weight is 185 g/mol. The second-order valence-corrected chi connectivity index (χ2v) is 5.92. The van der Waals surface area contributed by atoms with Crippen LogP contribution < -0.4 is 0 Å². The van der Waals surface area contributed by atoms with Crippen LogP contribution in [0, 0.1) is 0 Å². The first-order valence-corrected chi connectivity index (χ1v) is 6.10. The van der Waals surface area contributed by atoms with Crippen LogP contribution in [0.5, 0.6) is 0 Å². The minimum atomic E-state index is -2.88. The van der Waals surface area contributed by atoms with Gasteiger partial charge in [0.05, 0.1) is 5.75 Å². The standard InChI is InChI=1S/C3H7NO2S3/c1-7-4-8-2-3-9(4,5)6/h2-3H2,1H3. The molecule has 0 bridgehead atoms. The minimum absolute atomic E-state index is 0.290. The van der Waals surface area contributed by atoms with E-state index in [1.807, 2.05) is 0 Å². The molecule has 1 saturated heterocycles. The maximum atomic E-state index is 10.9. The van der Waals surface area contributed by atoms with Gasteiger partial charge in [0.25, 0.3) is 0 Å². The SMILES string of the molecule is CSN1SCCS1(=O)=O. The zero-order valence-corrected chi connectivity index (χ0v) is 7.35. The quantitative estimate of drug-likeness (QED) is 0.559.